The van der Waals surface area contributed by atoms with Gasteiger partial charge in [0.1, 0.15) is 11.9 Å². The number of carbonyl (C=O) groups is 2. The van der Waals surface area contributed by atoms with Crippen LogP contribution >= 0.6 is 0 Å². The number of nitrogens with zero attached hydrogens (tertiary/aromatic N) is 2. The van der Waals surface area contributed by atoms with Crippen LogP contribution in [-0.2, 0) is 32.6 Å². The second kappa shape index (κ2) is 13.6. The quantitative estimate of drug-likeness (QED) is 0.336. The standard InChI is InChI=1S/C31H38FN3O4S/c1-31(2,3)33-30(37)28(22-24-14-7-5-8-15-24)34(23-25-16-9-6-10-17-25)29(36)20-13-21-35(40(4,38)39)27-19-12-11-18-26(27)32/h5-12,14-19,28H,13,20-23H2,1-4H3,(H,33,37)/t28-/m0/s1. The number of sulfonamides is 1. The Bertz CT molecular complexity index is 1380. The summed E-state index contributed by atoms with van der Waals surface area (Å²) in [5.41, 5.74) is 1.19. The summed E-state index contributed by atoms with van der Waals surface area (Å²) in [5.74, 6) is -1.23. The topological polar surface area (TPSA) is 86.8 Å². The summed E-state index contributed by atoms with van der Waals surface area (Å²) in [6, 6.07) is 23.8. The first-order valence-corrected chi connectivity index (χ1v) is 15.1. The van der Waals surface area contributed by atoms with E-state index in [0.717, 1.165) is 21.7 Å². The predicted octanol–water partition coefficient (Wildman–Crippen LogP) is 4.93. The first kappa shape index (κ1) is 30.8. The zero-order chi connectivity index (χ0) is 29.3. The lowest BCUT2D eigenvalue weighted by molar-refractivity contribution is -0.142. The average molecular weight is 568 g/mol. The molecule has 9 heteroatoms. The van der Waals surface area contributed by atoms with Crippen LogP contribution in [-0.4, -0.2) is 49.5 Å². The highest BCUT2D eigenvalue weighted by Crippen LogP contribution is 2.23. The van der Waals surface area contributed by atoms with Gasteiger partial charge >= 0.3 is 0 Å². The monoisotopic (exact) mass is 567 g/mol. The van der Waals surface area contributed by atoms with Gasteiger partial charge in [0, 0.05) is 31.5 Å². The van der Waals surface area contributed by atoms with E-state index in [-0.39, 0.29) is 43.4 Å². The van der Waals surface area contributed by atoms with Crippen molar-refractivity contribution in [2.75, 3.05) is 17.1 Å². The molecule has 40 heavy (non-hydrogen) atoms. The van der Waals surface area contributed by atoms with E-state index in [4.69, 9.17) is 0 Å². The number of amides is 2. The molecular weight excluding hydrogens is 529 g/mol. The molecule has 0 aromatic heterocycles. The van der Waals surface area contributed by atoms with Gasteiger partial charge < -0.3 is 10.2 Å². The Morgan fingerprint density at radius 2 is 1.43 bits per heavy atom. The van der Waals surface area contributed by atoms with Crippen molar-refractivity contribution in [3.63, 3.8) is 0 Å². The summed E-state index contributed by atoms with van der Waals surface area (Å²) < 4.78 is 40.4. The fraction of sp³-hybridized carbons (Fsp3) is 0.355. The van der Waals surface area contributed by atoms with Gasteiger partial charge in [-0.05, 0) is 50.5 Å². The number of hydrogen-bond donors (Lipinski definition) is 1. The van der Waals surface area contributed by atoms with E-state index in [1.807, 2.05) is 81.4 Å². The van der Waals surface area contributed by atoms with Crippen LogP contribution in [0.25, 0.3) is 0 Å². The van der Waals surface area contributed by atoms with E-state index in [1.54, 1.807) is 11.0 Å². The summed E-state index contributed by atoms with van der Waals surface area (Å²) in [6.45, 7) is 5.78. The second-order valence-electron chi connectivity index (χ2n) is 10.8. The highest BCUT2D eigenvalue weighted by Gasteiger charge is 2.32. The molecule has 0 saturated heterocycles. The summed E-state index contributed by atoms with van der Waals surface area (Å²) in [6.07, 6.45) is 1.44. The van der Waals surface area contributed by atoms with Crippen molar-refractivity contribution in [1.82, 2.24) is 10.2 Å². The Morgan fingerprint density at radius 1 is 0.875 bits per heavy atom. The van der Waals surface area contributed by atoms with Crippen molar-refractivity contribution in [2.24, 2.45) is 0 Å². The molecule has 1 N–H and O–H groups in total. The van der Waals surface area contributed by atoms with E-state index in [2.05, 4.69) is 5.32 Å². The third-order valence-corrected chi connectivity index (χ3v) is 7.42. The SMILES string of the molecule is CC(C)(C)NC(=O)[C@H](Cc1ccccc1)N(Cc1ccccc1)C(=O)CCCN(c1ccccc1F)S(C)(=O)=O. The lowest BCUT2D eigenvalue weighted by Crippen LogP contribution is -2.54. The van der Waals surface area contributed by atoms with Crippen LogP contribution in [0.1, 0.15) is 44.7 Å². The van der Waals surface area contributed by atoms with Crippen molar-refractivity contribution in [2.45, 2.75) is 58.2 Å². The van der Waals surface area contributed by atoms with Crippen LogP contribution in [0, 0.1) is 5.82 Å². The summed E-state index contributed by atoms with van der Waals surface area (Å²) in [5, 5.41) is 3.02. The highest BCUT2D eigenvalue weighted by molar-refractivity contribution is 7.92. The number of rotatable bonds is 12. The smallest absolute Gasteiger partial charge is 0.243 e. The van der Waals surface area contributed by atoms with E-state index in [1.165, 1.54) is 18.2 Å². The highest BCUT2D eigenvalue weighted by atomic mass is 32.2. The molecule has 2 amide bonds. The van der Waals surface area contributed by atoms with Crippen molar-refractivity contribution in [3.8, 4) is 0 Å². The maximum absolute atomic E-state index is 14.4. The molecule has 0 unspecified atom stereocenters. The first-order valence-electron chi connectivity index (χ1n) is 13.3. The van der Waals surface area contributed by atoms with E-state index >= 15 is 0 Å². The Hall–Kier alpha value is -3.72. The average Bonchev–Trinajstić information content (AvgIpc) is 2.88. The molecule has 214 valence electrons. The molecule has 0 aliphatic carbocycles. The Balaban J connectivity index is 1.89. The molecule has 0 saturated carbocycles. The molecule has 0 radical (unpaired) electrons. The number of hydrogen-bond acceptors (Lipinski definition) is 4. The van der Waals surface area contributed by atoms with E-state index in [0.29, 0.717) is 6.42 Å². The van der Waals surface area contributed by atoms with Gasteiger partial charge in [-0.3, -0.25) is 13.9 Å². The minimum absolute atomic E-state index is 0.0264. The molecule has 0 bridgehead atoms. The number of anilines is 1. The number of benzene rings is 3. The molecule has 1 atom stereocenters. The number of carbonyl (C=O) groups excluding carboxylic acids is 2. The van der Waals surface area contributed by atoms with Gasteiger partial charge in [-0.15, -0.1) is 0 Å². The summed E-state index contributed by atoms with van der Waals surface area (Å²) >= 11 is 0. The molecule has 0 fully saturated rings. The van der Waals surface area contributed by atoms with Gasteiger partial charge in [-0.25, -0.2) is 12.8 Å². The van der Waals surface area contributed by atoms with Crippen molar-refractivity contribution >= 4 is 27.5 Å². The maximum atomic E-state index is 14.4. The molecule has 7 nitrogen and oxygen atoms in total. The fourth-order valence-corrected chi connectivity index (χ4v) is 5.39. The van der Waals surface area contributed by atoms with Gasteiger partial charge in [-0.2, -0.15) is 0 Å². The van der Waals surface area contributed by atoms with E-state index < -0.39 is 27.4 Å². The molecule has 0 aliphatic heterocycles. The first-order chi connectivity index (χ1) is 18.8. The Kier molecular flexibility index (Phi) is 10.5. The molecule has 3 aromatic carbocycles. The van der Waals surface area contributed by atoms with Gasteiger partial charge in [0.25, 0.3) is 0 Å². The van der Waals surface area contributed by atoms with Crippen molar-refractivity contribution < 1.29 is 22.4 Å². The third-order valence-electron chi connectivity index (χ3n) is 6.24. The third kappa shape index (κ3) is 9.19. The Morgan fingerprint density at radius 3 is 1.98 bits per heavy atom. The van der Waals surface area contributed by atoms with Gasteiger partial charge in [0.05, 0.1) is 11.9 Å². The van der Waals surface area contributed by atoms with Crippen molar-refractivity contribution in [1.29, 1.82) is 0 Å². The lowest BCUT2D eigenvalue weighted by atomic mass is 10.00. The van der Waals surface area contributed by atoms with E-state index in [9.17, 15) is 22.4 Å². The predicted molar refractivity (Wildman–Crippen MR) is 157 cm³/mol. The van der Waals surface area contributed by atoms with Crippen LogP contribution in [0.2, 0.25) is 0 Å². The fourth-order valence-electron chi connectivity index (χ4n) is 4.42. The van der Waals surface area contributed by atoms with Crippen LogP contribution in [0.5, 0.6) is 0 Å². The molecule has 0 aliphatic rings. The van der Waals surface area contributed by atoms with Crippen LogP contribution in [0.15, 0.2) is 84.9 Å². The minimum Gasteiger partial charge on any atom is -0.350 e. The lowest BCUT2D eigenvalue weighted by Gasteiger charge is -2.34. The van der Waals surface area contributed by atoms with Crippen LogP contribution in [0.4, 0.5) is 10.1 Å². The molecule has 3 aromatic rings. The van der Waals surface area contributed by atoms with Crippen LogP contribution in [0.3, 0.4) is 0 Å². The van der Waals surface area contributed by atoms with Gasteiger partial charge in [-0.1, -0.05) is 72.8 Å². The molecule has 0 heterocycles. The molecular formula is C31H38FN3O4S. The largest absolute Gasteiger partial charge is 0.350 e. The normalized spacial score (nSPS) is 12.4. The Labute approximate surface area is 237 Å². The number of halogens is 1. The number of nitrogens with one attached hydrogen (secondary N) is 1. The number of para-hydroxylation sites is 1. The zero-order valence-corrected chi connectivity index (χ0v) is 24.3. The summed E-state index contributed by atoms with van der Waals surface area (Å²) in [4.78, 5) is 29.0. The minimum atomic E-state index is -3.79. The zero-order valence-electron chi connectivity index (χ0n) is 23.5. The van der Waals surface area contributed by atoms with Gasteiger partial charge in [0.15, 0.2) is 0 Å². The van der Waals surface area contributed by atoms with Gasteiger partial charge in [0.2, 0.25) is 21.8 Å². The van der Waals surface area contributed by atoms with Crippen LogP contribution < -0.4 is 9.62 Å². The second-order valence-corrected chi connectivity index (χ2v) is 12.7. The van der Waals surface area contributed by atoms with Crippen molar-refractivity contribution in [3.05, 3.63) is 102 Å². The maximum Gasteiger partial charge on any atom is 0.243 e. The molecule has 0 spiro atoms. The summed E-state index contributed by atoms with van der Waals surface area (Å²) in [7, 11) is -3.79. The molecule has 3 rings (SSSR count).